The molecule has 0 aliphatic rings. The van der Waals surface area contributed by atoms with Gasteiger partial charge in [-0.15, -0.1) is 0 Å². The number of nitrogens with zero attached hydrogens (tertiary/aromatic N) is 5. The molecule has 0 aliphatic heterocycles. The Morgan fingerprint density at radius 3 is 2.25 bits per heavy atom. The van der Waals surface area contributed by atoms with E-state index in [0.717, 1.165) is 34.3 Å². The van der Waals surface area contributed by atoms with Crippen molar-refractivity contribution in [1.82, 2.24) is 24.9 Å². The van der Waals surface area contributed by atoms with E-state index >= 15 is 0 Å². The first-order chi connectivity index (χ1) is 15.5. The summed E-state index contributed by atoms with van der Waals surface area (Å²) in [5.74, 6) is 0.258. The van der Waals surface area contributed by atoms with Crippen molar-refractivity contribution >= 4 is 10.9 Å². The second-order valence-electron chi connectivity index (χ2n) is 6.98. The van der Waals surface area contributed by atoms with Crippen molar-refractivity contribution in [3.8, 4) is 33.9 Å². The summed E-state index contributed by atoms with van der Waals surface area (Å²) in [6.45, 7) is 0. The molecule has 156 valence electrons. The van der Waals surface area contributed by atoms with Crippen molar-refractivity contribution in [1.29, 1.82) is 0 Å². The van der Waals surface area contributed by atoms with Crippen molar-refractivity contribution in [3.63, 3.8) is 0 Å². The zero-order chi connectivity index (χ0) is 22.1. The van der Waals surface area contributed by atoms with Gasteiger partial charge in [0.25, 0.3) is 0 Å². The van der Waals surface area contributed by atoms with Gasteiger partial charge < -0.3 is 0 Å². The van der Waals surface area contributed by atoms with Crippen LogP contribution in [0.15, 0.2) is 85.5 Å². The average Bonchev–Trinajstić information content (AvgIpc) is 2.83. The summed E-state index contributed by atoms with van der Waals surface area (Å²) in [6, 6.07) is 17.3. The van der Waals surface area contributed by atoms with Gasteiger partial charge in [-0.3, -0.25) is 15.0 Å². The van der Waals surface area contributed by atoms with Crippen LogP contribution in [0.25, 0.3) is 44.8 Å². The lowest BCUT2D eigenvalue weighted by atomic mass is 9.99. The molecule has 0 radical (unpaired) electrons. The molecule has 0 spiro atoms. The zero-order valence-corrected chi connectivity index (χ0v) is 16.5. The number of alkyl halides is 3. The lowest BCUT2D eigenvalue weighted by Crippen LogP contribution is -2.07. The molecular weight excluding hydrogens is 415 g/mol. The van der Waals surface area contributed by atoms with Gasteiger partial charge in [-0.25, -0.2) is 9.97 Å². The van der Waals surface area contributed by atoms with Crippen LogP contribution in [0, 0.1) is 0 Å². The van der Waals surface area contributed by atoms with Crippen LogP contribution in [0.2, 0.25) is 0 Å². The van der Waals surface area contributed by atoms with E-state index in [9.17, 15) is 13.2 Å². The maximum atomic E-state index is 12.9. The molecule has 0 saturated heterocycles. The number of para-hydroxylation sites is 1. The standard InChI is InChI=1S/C24H14F3N5/c25-24(26,27)21-9-8-15(13-30-21)23-31-14-18(22(32-23)20-7-3-4-11-28-20)16-10-12-29-19-6-2-1-5-17(16)19/h1-14H. The third kappa shape index (κ3) is 3.66. The minimum absolute atomic E-state index is 0.258. The molecule has 32 heavy (non-hydrogen) atoms. The van der Waals surface area contributed by atoms with E-state index in [4.69, 9.17) is 0 Å². The predicted molar refractivity (Wildman–Crippen MR) is 114 cm³/mol. The smallest absolute Gasteiger partial charge is 0.256 e. The molecule has 0 amide bonds. The van der Waals surface area contributed by atoms with Crippen LogP contribution in [0.3, 0.4) is 0 Å². The highest BCUT2D eigenvalue weighted by atomic mass is 19.4. The first-order valence-corrected chi connectivity index (χ1v) is 9.67. The Hall–Kier alpha value is -4.20. The molecule has 0 atom stereocenters. The number of halogens is 3. The van der Waals surface area contributed by atoms with E-state index in [-0.39, 0.29) is 5.82 Å². The number of rotatable bonds is 3. The molecule has 0 aliphatic carbocycles. The fraction of sp³-hybridized carbons (Fsp3) is 0.0417. The van der Waals surface area contributed by atoms with E-state index in [2.05, 4.69) is 24.9 Å². The highest BCUT2D eigenvalue weighted by molar-refractivity contribution is 5.97. The SMILES string of the molecule is FC(F)(F)c1ccc(-c2ncc(-c3ccnc4ccccc34)c(-c3ccccn3)n2)cn1. The quantitative estimate of drug-likeness (QED) is 0.361. The van der Waals surface area contributed by atoms with Crippen molar-refractivity contribution in [2.45, 2.75) is 6.18 Å². The highest BCUT2D eigenvalue weighted by Gasteiger charge is 2.32. The van der Waals surface area contributed by atoms with Gasteiger partial charge in [0.1, 0.15) is 11.4 Å². The molecule has 0 bridgehead atoms. The Morgan fingerprint density at radius 1 is 0.656 bits per heavy atom. The summed E-state index contributed by atoms with van der Waals surface area (Å²) in [6.07, 6.45) is 1.65. The van der Waals surface area contributed by atoms with Crippen LogP contribution in [-0.4, -0.2) is 24.9 Å². The van der Waals surface area contributed by atoms with Gasteiger partial charge in [0, 0.05) is 41.3 Å². The van der Waals surface area contributed by atoms with Gasteiger partial charge in [0.2, 0.25) is 0 Å². The van der Waals surface area contributed by atoms with Gasteiger partial charge >= 0.3 is 6.18 Å². The first kappa shape index (κ1) is 19.7. The molecule has 0 N–H and O–H groups in total. The molecule has 1 aromatic carbocycles. The van der Waals surface area contributed by atoms with Crippen molar-refractivity contribution < 1.29 is 13.2 Å². The zero-order valence-electron chi connectivity index (χ0n) is 16.5. The fourth-order valence-electron chi connectivity index (χ4n) is 3.44. The summed E-state index contributed by atoms with van der Waals surface area (Å²) in [4.78, 5) is 21.5. The minimum Gasteiger partial charge on any atom is -0.256 e. The summed E-state index contributed by atoms with van der Waals surface area (Å²) in [5.41, 5.74) is 3.04. The van der Waals surface area contributed by atoms with Gasteiger partial charge in [0.05, 0.1) is 11.2 Å². The van der Waals surface area contributed by atoms with E-state index in [0.29, 0.717) is 17.0 Å². The molecule has 5 nitrogen and oxygen atoms in total. The van der Waals surface area contributed by atoms with Gasteiger partial charge in [0.15, 0.2) is 5.82 Å². The molecule has 0 fully saturated rings. The first-order valence-electron chi connectivity index (χ1n) is 9.67. The molecule has 5 rings (SSSR count). The van der Waals surface area contributed by atoms with Gasteiger partial charge in [-0.2, -0.15) is 13.2 Å². The van der Waals surface area contributed by atoms with E-state index < -0.39 is 11.9 Å². The maximum Gasteiger partial charge on any atom is 0.433 e. The number of hydrogen-bond donors (Lipinski definition) is 0. The number of hydrogen-bond acceptors (Lipinski definition) is 5. The average molecular weight is 429 g/mol. The summed E-state index contributed by atoms with van der Waals surface area (Å²) >= 11 is 0. The number of aromatic nitrogens is 5. The number of pyridine rings is 3. The van der Waals surface area contributed by atoms with Crippen LogP contribution in [0.5, 0.6) is 0 Å². The number of fused-ring (bicyclic) bond motifs is 1. The van der Waals surface area contributed by atoms with Crippen LogP contribution < -0.4 is 0 Å². The molecule has 4 aromatic heterocycles. The van der Waals surface area contributed by atoms with Crippen molar-refractivity contribution in [2.24, 2.45) is 0 Å². The van der Waals surface area contributed by atoms with Crippen LogP contribution in [-0.2, 0) is 6.18 Å². The topological polar surface area (TPSA) is 64.5 Å². The minimum atomic E-state index is -4.51. The molecule has 4 heterocycles. The Kier molecular flexibility index (Phi) is 4.82. The normalized spacial score (nSPS) is 11.6. The summed E-state index contributed by atoms with van der Waals surface area (Å²) < 4.78 is 38.6. The van der Waals surface area contributed by atoms with Gasteiger partial charge in [-0.05, 0) is 42.0 Å². The van der Waals surface area contributed by atoms with Crippen LogP contribution in [0.1, 0.15) is 5.69 Å². The Bertz CT molecular complexity index is 1400. The molecular formula is C24H14F3N5. The lowest BCUT2D eigenvalue weighted by molar-refractivity contribution is -0.141. The molecule has 0 unspecified atom stereocenters. The van der Waals surface area contributed by atoms with Crippen molar-refractivity contribution in [3.05, 3.63) is 91.1 Å². The summed E-state index contributed by atoms with van der Waals surface area (Å²) in [5, 5.41) is 0.930. The van der Waals surface area contributed by atoms with E-state index in [1.807, 2.05) is 42.5 Å². The predicted octanol–water partition coefficient (Wildman–Crippen LogP) is 5.83. The molecule has 0 saturated carbocycles. The van der Waals surface area contributed by atoms with E-state index in [1.54, 1.807) is 24.7 Å². The Morgan fingerprint density at radius 2 is 1.50 bits per heavy atom. The maximum absolute atomic E-state index is 12.9. The molecule has 5 aromatic rings. The largest absolute Gasteiger partial charge is 0.433 e. The second kappa shape index (κ2) is 7.81. The Balaban J connectivity index is 1.69. The second-order valence-corrected chi connectivity index (χ2v) is 6.98. The third-order valence-electron chi connectivity index (χ3n) is 4.95. The fourth-order valence-corrected chi connectivity index (χ4v) is 3.44. The van der Waals surface area contributed by atoms with E-state index in [1.165, 1.54) is 6.07 Å². The van der Waals surface area contributed by atoms with Crippen molar-refractivity contribution in [2.75, 3.05) is 0 Å². The van der Waals surface area contributed by atoms with Crippen LogP contribution >= 0.6 is 0 Å². The third-order valence-corrected chi connectivity index (χ3v) is 4.95. The summed E-state index contributed by atoms with van der Waals surface area (Å²) in [7, 11) is 0. The Labute approximate surface area is 180 Å². The highest BCUT2D eigenvalue weighted by Crippen LogP contribution is 2.35. The van der Waals surface area contributed by atoms with Gasteiger partial charge in [-0.1, -0.05) is 24.3 Å². The number of benzene rings is 1. The monoisotopic (exact) mass is 429 g/mol. The van der Waals surface area contributed by atoms with Crippen LogP contribution in [0.4, 0.5) is 13.2 Å². The molecule has 8 heteroatoms. The lowest BCUT2D eigenvalue weighted by Gasteiger charge is -2.12.